The van der Waals surface area contributed by atoms with Crippen LogP contribution >= 0.6 is 0 Å². The fraction of sp³-hybridized carbons (Fsp3) is 0.370. The number of aromatic nitrogens is 1. The van der Waals surface area contributed by atoms with Crippen LogP contribution in [0.15, 0.2) is 55.1 Å². The van der Waals surface area contributed by atoms with Crippen LogP contribution in [0.2, 0.25) is 0 Å². The van der Waals surface area contributed by atoms with Gasteiger partial charge in [0, 0.05) is 11.1 Å². The minimum absolute atomic E-state index is 0.0982. The predicted octanol–water partition coefficient (Wildman–Crippen LogP) is 7.40. The molecule has 1 aliphatic carbocycles. The van der Waals surface area contributed by atoms with Crippen molar-refractivity contribution in [3.63, 3.8) is 0 Å². The van der Waals surface area contributed by atoms with Crippen LogP contribution in [0.5, 0.6) is 5.75 Å². The molecule has 1 heterocycles. The van der Waals surface area contributed by atoms with Crippen LogP contribution in [-0.2, 0) is 6.18 Å². The third kappa shape index (κ3) is 9.83. The average Bonchev–Trinajstić information content (AvgIpc) is 2.87. The van der Waals surface area contributed by atoms with Crippen molar-refractivity contribution in [2.75, 3.05) is 19.9 Å². The minimum atomic E-state index is -4.47. The highest BCUT2D eigenvalue weighted by Gasteiger charge is 2.33. The van der Waals surface area contributed by atoms with Crippen molar-refractivity contribution >= 4 is 22.7 Å². The maximum atomic E-state index is 12.5. The van der Waals surface area contributed by atoms with Crippen LogP contribution in [0, 0.1) is 6.92 Å². The number of nitrogens with zero attached hydrogens (tertiary/aromatic N) is 1. The van der Waals surface area contributed by atoms with E-state index in [1.165, 1.54) is 51.6 Å². The Morgan fingerprint density at radius 1 is 0.941 bits per heavy atom. The average molecular weight is 476 g/mol. The zero-order valence-corrected chi connectivity index (χ0v) is 20.3. The van der Waals surface area contributed by atoms with Gasteiger partial charge < -0.3 is 16.2 Å². The van der Waals surface area contributed by atoms with E-state index in [-0.39, 0.29) is 11.2 Å². The second-order valence-electron chi connectivity index (χ2n) is 7.72. The highest BCUT2D eigenvalue weighted by Crippen LogP contribution is 2.32. The first-order valence-electron chi connectivity index (χ1n) is 11.3. The van der Waals surface area contributed by atoms with Crippen LogP contribution in [0.1, 0.15) is 55.3 Å². The van der Waals surface area contributed by atoms with Gasteiger partial charge in [-0.2, -0.15) is 13.2 Å². The lowest BCUT2D eigenvalue weighted by Crippen LogP contribution is -2.09. The molecule has 0 unspecified atom stereocenters. The fourth-order valence-electron chi connectivity index (χ4n) is 3.34. The Bertz CT molecular complexity index is 1000. The third-order valence-corrected chi connectivity index (χ3v) is 5.12. The molecule has 0 aliphatic heterocycles. The first kappa shape index (κ1) is 29.0. The number of rotatable bonds is 2. The molecule has 4 nitrogen and oxygen atoms in total. The fourth-order valence-corrected chi connectivity index (χ4v) is 3.34. The van der Waals surface area contributed by atoms with Crippen molar-refractivity contribution in [3.8, 4) is 5.75 Å². The number of ether oxygens (including phenoxy) is 1. The van der Waals surface area contributed by atoms with Crippen LogP contribution < -0.4 is 16.2 Å². The van der Waals surface area contributed by atoms with Gasteiger partial charge in [0.2, 0.25) is 0 Å². The molecule has 34 heavy (non-hydrogen) atoms. The van der Waals surface area contributed by atoms with Crippen LogP contribution in [0.4, 0.5) is 18.9 Å². The zero-order valence-electron chi connectivity index (χ0n) is 20.3. The second kappa shape index (κ2) is 15.0. The van der Waals surface area contributed by atoms with Gasteiger partial charge in [-0.05, 0) is 49.9 Å². The summed E-state index contributed by atoms with van der Waals surface area (Å²) in [5.74, 6) is 0.873. The standard InChI is InChI=1S/C11H9F3N2.C9H10O.C6H12.CH5N/c1-6-2-3-9-7(4-6)8(15)5-10(16-9)11(12,13)14;1-3-8-5-4-6-9(7-8)10-2;1-2-4-6-5-3-1;1-2/h2-5H,1H3,(H2,15,16);3-7H,1H2,2H3;1-6H2;2H2,1H3. The summed E-state index contributed by atoms with van der Waals surface area (Å²) in [7, 11) is 3.15. The largest absolute Gasteiger partial charge is 0.497 e. The van der Waals surface area contributed by atoms with Crippen LogP contribution in [0.3, 0.4) is 0 Å². The van der Waals surface area contributed by atoms with E-state index in [4.69, 9.17) is 10.5 Å². The zero-order chi connectivity index (χ0) is 25.6. The SMILES string of the molecule is C1CCCCC1.C=Cc1cccc(OC)c1.CN.Cc1ccc2nc(C(F)(F)F)cc(N)c2c1. The molecule has 0 amide bonds. The molecule has 1 saturated carbocycles. The van der Waals surface area contributed by atoms with Crippen LogP contribution in [0.25, 0.3) is 17.0 Å². The van der Waals surface area contributed by atoms with E-state index < -0.39 is 11.9 Å². The van der Waals surface area contributed by atoms with Crippen molar-refractivity contribution in [1.82, 2.24) is 4.98 Å². The lowest BCUT2D eigenvalue weighted by atomic mass is 10.0. The van der Waals surface area contributed by atoms with Crippen molar-refractivity contribution in [3.05, 3.63) is 71.9 Å². The first-order chi connectivity index (χ1) is 16.2. The van der Waals surface area contributed by atoms with Crippen molar-refractivity contribution in [2.24, 2.45) is 5.73 Å². The molecular formula is C27H36F3N3O. The molecular weight excluding hydrogens is 439 g/mol. The summed E-state index contributed by atoms with van der Waals surface area (Å²) in [6.07, 6.45) is 6.33. The second-order valence-corrected chi connectivity index (χ2v) is 7.72. The number of aryl methyl sites for hydroxylation is 1. The molecule has 0 saturated heterocycles. The molecule has 186 valence electrons. The highest BCUT2D eigenvalue weighted by molar-refractivity contribution is 5.90. The number of anilines is 1. The number of nitrogen functional groups attached to an aromatic ring is 1. The molecule has 0 atom stereocenters. The Morgan fingerprint density at radius 3 is 2.03 bits per heavy atom. The number of hydrogen-bond donors (Lipinski definition) is 2. The normalized spacial score (nSPS) is 12.7. The Balaban J connectivity index is 0.000000273. The minimum Gasteiger partial charge on any atom is -0.497 e. The summed E-state index contributed by atoms with van der Waals surface area (Å²) in [4.78, 5) is 3.54. The highest BCUT2D eigenvalue weighted by atomic mass is 19.4. The van der Waals surface area contributed by atoms with Gasteiger partial charge in [-0.1, -0.05) is 74.9 Å². The summed E-state index contributed by atoms with van der Waals surface area (Å²) in [6, 6.07) is 13.6. The van der Waals surface area contributed by atoms with Crippen molar-refractivity contribution in [2.45, 2.75) is 51.6 Å². The van der Waals surface area contributed by atoms with Gasteiger partial charge in [0.15, 0.2) is 0 Å². The first-order valence-corrected chi connectivity index (χ1v) is 11.3. The molecule has 1 fully saturated rings. The molecule has 0 spiro atoms. The summed E-state index contributed by atoms with van der Waals surface area (Å²) >= 11 is 0. The Morgan fingerprint density at radius 2 is 1.53 bits per heavy atom. The van der Waals surface area contributed by atoms with Gasteiger partial charge in [0.25, 0.3) is 0 Å². The van der Waals surface area contributed by atoms with E-state index >= 15 is 0 Å². The number of halogens is 3. The van der Waals surface area contributed by atoms with E-state index in [0.717, 1.165) is 22.9 Å². The Kier molecular flexibility index (Phi) is 12.7. The monoisotopic (exact) mass is 475 g/mol. The molecule has 4 rings (SSSR count). The van der Waals surface area contributed by atoms with Gasteiger partial charge in [0.05, 0.1) is 12.6 Å². The number of nitrogens with two attached hydrogens (primary N) is 2. The topological polar surface area (TPSA) is 74.2 Å². The van der Waals surface area contributed by atoms with Gasteiger partial charge in [-0.25, -0.2) is 4.98 Å². The van der Waals surface area contributed by atoms with Gasteiger partial charge in [0.1, 0.15) is 11.4 Å². The number of methoxy groups -OCH3 is 1. The lowest BCUT2D eigenvalue weighted by molar-refractivity contribution is -0.140. The summed E-state index contributed by atoms with van der Waals surface area (Å²) in [6.45, 7) is 5.49. The Labute approximate surface area is 200 Å². The maximum absolute atomic E-state index is 12.5. The summed E-state index contributed by atoms with van der Waals surface area (Å²) in [5, 5.41) is 0.549. The maximum Gasteiger partial charge on any atom is 0.433 e. The summed E-state index contributed by atoms with van der Waals surface area (Å²) < 4.78 is 42.4. The molecule has 1 aliphatic rings. The molecule has 1 aromatic heterocycles. The van der Waals surface area contributed by atoms with E-state index in [0.29, 0.717) is 5.39 Å². The van der Waals surface area contributed by atoms with Crippen LogP contribution in [-0.4, -0.2) is 19.1 Å². The molecule has 2 aromatic carbocycles. The van der Waals surface area contributed by atoms with Crippen molar-refractivity contribution < 1.29 is 17.9 Å². The molecule has 4 N–H and O–H groups in total. The van der Waals surface area contributed by atoms with E-state index in [9.17, 15) is 13.2 Å². The van der Waals surface area contributed by atoms with Gasteiger partial charge in [-0.15, -0.1) is 0 Å². The van der Waals surface area contributed by atoms with Crippen molar-refractivity contribution in [1.29, 1.82) is 0 Å². The molecule has 0 radical (unpaired) electrons. The summed E-state index contributed by atoms with van der Waals surface area (Å²) in [5.41, 5.74) is 11.5. The Hall–Kier alpha value is -3.06. The number of hydrogen-bond acceptors (Lipinski definition) is 4. The van der Waals surface area contributed by atoms with E-state index in [2.05, 4.69) is 17.3 Å². The van der Waals surface area contributed by atoms with E-state index in [1.807, 2.05) is 31.2 Å². The molecule has 7 heteroatoms. The number of pyridine rings is 1. The van der Waals surface area contributed by atoms with Gasteiger partial charge >= 0.3 is 6.18 Å². The molecule has 0 bridgehead atoms. The number of alkyl halides is 3. The lowest BCUT2D eigenvalue weighted by Gasteiger charge is -2.09. The third-order valence-electron chi connectivity index (χ3n) is 5.12. The molecule has 3 aromatic rings. The quantitative estimate of drug-likeness (QED) is 0.405. The number of fused-ring (bicyclic) bond motifs is 1. The predicted molar refractivity (Wildman–Crippen MR) is 137 cm³/mol. The smallest absolute Gasteiger partial charge is 0.433 e. The van der Waals surface area contributed by atoms with Gasteiger partial charge in [-0.3, -0.25) is 0 Å². The van der Waals surface area contributed by atoms with E-state index in [1.54, 1.807) is 25.3 Å². The number of benzene rings is 2.